The lowest BCUT2D eigenvalue weighted by molar-refractivity contribution is 0.0143. The summed E-state index contributed by atoms with van der Waals surface area (Å²) < 4.78 is 11.1. The van der Waals surface area contributed by atoms with Gasteiger partial charge in [0.1, 0.15) is 5.75 Å². The van der Waals surface area contributed by atoms with Crippen molar-refractivity contribution in [2.75, 3.05) is 32.8 Å². The minimum absolute atomic E-state index is 0.160. The fourth-order valence-electron chi connectivity index (χ4n) is 3.05. The Morgan fingerprint density at radius 2 is 1.76 bits per heavy atom. The van der Waals surface area contributed by atoms with Crippen molar-refractivity contribution in [2.24, 2.45) is 0 Å². The highest BCUT2D eigenvalue weighted by Gasteiger charge is 2.16. The molecule has 0 aliphatic carbocycles. The van der Waals surface area contributed by atoms with E-state index in [1.54, 1.807) is 0 Å². The van der Waals surface area contributed by atoms with E-state index in [-0.39, 0.29) is 6.10 Å². The molecule has 1 atom stereocenters. The maximum Gasteiger partial charge on any atom is 0.120 e. The highest BCUT2D eigenvalue weighted by Crippen LogP contribution is 2.26. The molecule has 4 nitrogen and oxygen atoms in total. The normalized spacial score (nSPS) is 16.8. The van der Waals surface area contributed by atoms with Crippen molar-refractivity contribution < 1.29 is 14.6 Å². The van der Waals surface area contributed by atoms with Gasteiger partial charge in [-0.15, -0.1) is 0 Å². The molecule has 1 aliphatic rings. The van der Waals surface area contributed by atoms with Crippen molar-refractivity contribution in [2.45, 2.75) is 26.1 Å². The molecule has 2 aromatic rings. The number of rotatable bonds is 6. The summed E-state index contributed by atoms with van der Waals surface area (Å²) in [6.07, 6.45) is -0.310. The van der Waals surface area contributed by atoms with Crippen LogP contribution in [0.4, 0.5) is 0 Å². The summed E-state index contributed by atoms with van der Waals surface area (Å²) in [5.74, 6) is 0.879. The predicted molar refractivity (Wildman–Crippen MR) is 99.9 cm³/mol. The zero-order valence-corrected chi connectivity index (χ0v) is 15.0. The summed E-state index contributed by atoms with van der Waals surface area (Å²) in [5.41, 5.74) is 3.19. The molecule has 4 heteroatoms. The van der Waals surface area contributed by atoms with Crippen LogP contribution >= 0.6 is 0 Å². The fraction of sp³-hybridized carbons (Fsp3) is 0.429. The van der Waals surface area contributed by atoms with E-state index in [1.807, 2.05) is 38.1 Å². The fourth-order valence-corrected chi connectivity index (χ4v) is 3.05. The summed E-state index contributed by atoms with van der Waals surface area (Å²) >= 11 is 0. The molecule has 1 aliphatic heterocycles. The van der Waals surface area contributed by atoms with Crippen LogP contribution < -0.4 is 4.74 Å². The van der Waals surface area contributed by atoms with E-state index in [9.17, 15) is 5.11 Å². The molecule has 1 heterocycles. The van der Waals surface area contributed by atoms with Crippen LogP contribution in [0.3, 0.4) is 0 Å². The number of morpholine rings is 1. The highest BCUT2D eigenvalue weighted by molar-refractivity contribution is 5.65. The summed E-state index contributed by atoms with van der Waals surface area (Å²) in [5, 5.41) is 10.5. The van der Waals surface area contributed by atoms with Gasteiger partial charge in [-0.05, 0) is 42.7 Å². The van der Waals surface area contributed by atoms with Crippen molar-refractivity contribution in [3.8, 4) is 16.9 Å². The lowest BCUT2D eigenvalue weighted by Gasteiger charge is -2.28. The van der Waals surface area contributed by atoms with Crippen LogP contribution in [0, 0.1) is 0 Å². The Balaban J connectivity index is 1.67. The number of β-amino-alcohol motifs (C(OH)–C–C–N with tert-alkyl or cyclic N) is 1. The smallest absolute Gasteiger partial charge is 0.120 e. The summed E-state index contributed by atoms with van der Waals surface area (Å²) in [4.78, 5) is 2.24. The number of nitrogens with zero attached hydrogens (tertiary/aromatic N) is 1. The van der Waals surface area contributed by atoms with Crippen molar-refractivity contribution in [1.82, 2.24) is 4.90 Å². The van der Waals surface area contributed by atoms with Gasteiger partial charge in [0.05, 0.1) is 25.4 Å². The van der Waals surface area contributed by atoms with Crippen molar-refractivity contribution in [1.29, 1.82) is 0 Å². The topological polar surface area (TPSA) is 41.9 Å². The van der Waals surface area contributed by atoms with Crippen LogP contribution in [0.1, 0.15) is 25.5 Å². The molecule has 0 amide bonds. The number of hydrogen-bond donors (Lipinski definition) is 1. The molecule has 2 aromatic carbocycles. The summed E-state index contributed by atoms with van der Waals surface area (Å²) in [6.45, 7) is 7.98. The van der Waals surface area contributed by atoms with Crippen LogP contribution in [0.15, 0.2) is 48.5 Å². The third kappa shape index (κ3) is 5.05. The molecule has 0 unspecified atom stereocenters. The van der Waals surface area contributed by atoms with Crippen LogP contribution in [0.25, 0.3) is 11.1 Å². The zero-order valence-electron chi connectivity index (χ0n) is 15.0. The zero-order chi connectivity index (χ0) is 17.6. The van der Waals surface area contributed by atoms with Gasteiger partial charge >= 0.3 is 0 Å². The molecule has 3 rings (SSSR count). The van der Waals surface area contributed by atoms with Gasteiger partial charge < -0.3 is 14.6 Å². The van der Waals surface area contributed by atoms with Gasteiger partial charge in [-0.25, -0.2) is 0 Å². The third-order valence-corrected chi connectivity index (χ3v) is 4.37. The molecule has 134 valence electrons. The lowest BCUT2D eigenvalue weighted by atomic mass is 10.0. The average molecular weight is 341 g/mol. The second kappa shape index (κ2) is 8.48. The number of ether oxygens (including phenoxy) is 2. The van der Waals surface area contributed by atoms with E-state index in [0.717, 1.165) is 48.7 Å². The molecule has 0 spiro atoms. The number of benzene rings is 2. The Labute approximate surface area is 150 Å². The average Bonchev–Trinajstić information content (AvgIpc) is 2.62. The molecule has 0 bridgehead atoms. The Kier molecular flexibility index (Phi) is 6.08. The van der Waals surface area contributed by atoms with E-state index in [0.29, 0.717) is 6.54 Å². The number of hydrogen-bond acceptors (Lipinski definition) is 4. The van der Waals surface area contributed by atoms with E-state index >= 15 is 0 Å². The molecule has 1 N–H and O–H groups in total. The number of aliphatic hydroxyl groups excluding tert-OH is 1. The van der Waals surface area contributed by atoms with Gasteiger partial charge in [-0.3, -0.25) is 4.90 Å². The molecular weight excluding hydrogens is 314 g/mol. The van der Waals surface area contributed by atoms with Gasteiger partial charge in [0.2, 0.25) is 0 Å². The number of aliphatic hydroxyl groups is 1. The van der Waals surface area contributed by atoms with Gasteiger partial charge in [-0.1, -0.05) is 36.4 Å². The Morgan fingerprint density at radius 3 is 2.44 bits per heavy atom. The van der Waals surface area contributed by atoms with Gasteiger partial charge in [0.15, 0.2) is 0 Å². The molecule has 25 heavy (non-hydrogen) atoms. The quantitative estimate of drug-likeness (QED) is 0.873. The van der Waals surface area contributed by atoms with Crippen molar-refractivity contribution >= 4 is 0 Å². The minimum Gasteiger partial charge on any atom is -0.491 e. The van der Waals surface area contributed by atoms with E-state index in [2.05, 4.69) is 29.2 Å². The van der Waals surface area contributed by atoms with Gasteiger partial charge in [-0.2, -0.15) is 0 Å². The molecule has 0 aromatic heterocycles. The standard InChI is InChI=1S/C21H27NO3/c1-16(2)25-20-5-3-4-19(14-20)17-6-8-18(9-7-17)21(23)15-22-10-12-24-13-11-22/h3-9,14,16,21,23H,10-13,15H2,1-2H3/t21-/m0/s1. The first-order chi connectivity index (χ1) is 12.1. The van der Waals surface area contributed by atoms with E-state index in [4.69, 9.17) is 9.47 Å². The van der Waals surface area contributed by atoms with Crippen molar-refractivity contribution in [3.63, 3.8) is 0 Å². The molecule has 0 radical (unpaired) electrons. The lowest BCUT2D eigenvalue weighted by Crippen LogP contribution is -2.38. The van der Waals surface area contributed by atoms with Gasteiger partial charge in [0, 0.05) is 19.6 Å². The van der Waals surface area contributed by atoms with E-state index < -0.39 is 6.10 Å². The van der Waals surface area contributed by atoms with Crippen LogP contribution in [-0.2, 0) is 4.74 Å². The largest absolute Gasteiger partial charge is 0.491 e. The van der Waals surface area contributed by atoms with Crippen LogP contribution in [0.2, 0.25) is 0 Å². The second-order valence-electron chi connectivity index (χ2n) is 6.75. The first-order valence-corrected chi connectivity index (χ1v) is 8.97. The summed E-state index contributed by atoms with van der Waals surface area (Å²) in [7, 11) is 0. The Bertz CT molecular complexity index is 663. The van der Waals surface area contributed by atoms with E-state index in [1.165, 1.54) is 0 Å². The monoisotopic (exact) mass is 341 g/mol. The van der Waals surface area contributed by atoms with Crippen molar-refractivity contribution in [3.05, 3.63) is 54.1 Å². The van der Waals surface area contributed by atoms with Crippen LogP contribution in [0.5, 0.6) is 5.75 Å². The van der Waals surface area contributed by atoms with Crippen LogP contribution in [-0.4, -0.2) is 49.0 Å². The second-order valence-corrected chi connectivity index (χ2v) is 6.75. The van der Waals surface area contributed by atoms with Gasteiger partial charge in [0.25, 0.3) is 0 Å². The SMILES string of the molecule is CC(C)Oc1cccc(-c2ccc([C@@H](O)CN3CCOCC3)cc2)c1. The maximum absolute atomic E-state index is 10.5. The minimum atomic E-state index is -0.470. The molecule has 0 saturated carbocycles. The first-order valence-electron chi connectivity index (χ1n) is 8.97. The predicted octanol–water partition coefficient (Wildman–Crippen LogP) is 3.51. The molecule has 1 fully saturated rings. The highest BCUT2D eigenvalue weighted by atomic mass is 16.5. The first kappa shape index (κ1) is 17.9. The summed E-state index contributed by atoms with van der Waals surface area (Å²) in [6, 6.07) is 16.3. The maximum atomic E-state index is 10.5. The Hall–Kier alpha value is -1.88. The Morgan fingerprint density at radius 1 is 1.04 bits per heavy atom. The molecule has 1 saturated heterocycles. The third-order valence-electron chi connectivity index (χ3n) is 4.37. The molecular formula is C21H27NO3.